The molecule has 1 saturated heterocycles. The summed E-state index contributed by atoms with van der Waals surface area (Å²) in [6.07, 6.45) is 2.84. The molecule has 20 heavy (non-hydrogen) atoms. The molecule has 4 nitrogen and oxygen atoms in total. The van der Waals surface area contributed by atoms with Crippen molar-refractivity contribution in [1.29, 1.82) is 0 Å². The molecule has 0 aromatic heterocycles. The lowest BCUT2D eigenvalue weighted by Gasteiger charge is -2.31. The van der Waals surface area contributed by atoms with Crippen LogP contribution in [0.1, 0.15) is 42.6 Å². The van der Waals surface area contributed by atoms with Crippen molar-refractivity contribution in [3.8, 4) is 0 Å². The number of carbonyl (C=O) groups is 1. The average molecular weight is 275 g/mol. The Balaban J connectivity index is 1.67. The molecule has 2 unspecified atom stereocenters. The zero-order valence-corrected chi connectivity index (χ0v) is 12.0. The van der Waals surface area contributed by atoms with Gasteiger partial charge in [0.1, 0.15) is 6.10 Å². The van der Waals surface area contributed by atoms with Crippen molar-refractivity contribution in [1.82, 2.24) is 0 Å². The molecule has 108 valence electrons. The fourth-order valence-electron chi connectivity index (χ4n) is 3.08. The van der Waals surface area contributed by atoms with Crippen LogP contribution in [0.4, 0.5) is 5.69 Å². The first-order chi connectivity index (χ1) is 9.61. The molecule has 1 N–H and O–H groups in total. The molecule has 3 rings (SSSR count). The van der Waals surface area contributed by atoms with Crippen molar-refractivity contribution in [3.63, 3.8) is 0 Å². The molecule has 2 heterocycles. The van der Waals surface area contributed by atoms with Crippen molar-refractivity contribution in [2.45, 2.75) is 51.4 Å². The second-order valence-electron chi connectivity index (χ2n) is 5.80. The average Bonchev–Trinajstić information content (AvgIpc) is 2.84. The molecule has 2 atom stereocenters. The van der Waals surface area contributed by atoms with Crippen LogP contribution in [0, 0.1) is 0 Å². The molecule has 2 aliphatic rings. The highest BCUT2D eigenvalue weighted by molar-refractivity contribution is 5.91. The van der Waals surface area contributed by atoms with E-state index in [0.29, 0.717) is 5.56 Å². The lowest BCUT2D eigenvalue weighted by atomic mass is 10.0. The monoisotopic (exact) mass is 275 g/mol. The maximum absolute atomic E-state index is 12.2. The summed E-state index contributed by atoms with van der Waals surface area (Å²) in [7, 11) is 0. The van der Waals surface area contributed by atoms with Crippen LogP contribution in [0.5, 0.6) is 0 Å². The lowest BCUT2D eigenvalue weighted by molar-refractivity contribution is -0.0855. The van der Waals surface area contributed by atoms with Crippen molar-refractivity contribution < 1.29 is 14.3 Å². The summed E-state index contributed by atoms with van der Waals surface area (Å²) in [5, 5.41) is 3.29. The van der Waals surface area contributed by atoms with E-state index in [2.05, 4.69) is 5.32 Å². The molecule has 0 spiro atoms. The Morgan fingerprint density at radius 3 is 2.80 bits per heavy atom. The van der Waals surface area contributed by atoms with Crippen LogP contribution in [0.2, 0.25) is 0 Å². The number of esters is 1. The number of carbonyl (C=O) groups excluding carboxylic acids is 1. The molecular weight excluding hydrogens is 254 g/mol. The fourth-order valence-corrected chi connectivity index (χ4v) is 3.08. The first-order valence-corrected chi connectivity index (χ1v) is 7.35. The zero-order valence-electron chi connectivity index (χ0n) is 12.0. The van der Waals surface area contributed by atoms with Gasteiger partial charge in [-0.3, -0.25) is 0 Å². The van der Waals surface area contributed by atoms with E-state index in [0.717, 1.165) is 31.5 Å². The third-order valence-corrected chi connectivity index (χ3v) is 3.98. The van der Waals surface area contributed by atoms with E-state index >= 15 is 0 Å². The van der Waals surface area contributed by atoms with Crippen molar-refractivity contribution in [2.24, 2.45) is 0 Å². The van der Waals surface area contributed by atoms with Gasteiger partial charge >= 0.3 is 5.97 Å². The van der Waals surface area contributed by atoms with E-state index in [1.807, 2.05) is 32.0 Å². The maximum atomic E-state index is 12.2. The predicted molar refractivity (Wildman–Crippen MR) is 77.1 cm³/mol. The molecule has 4 heteroatoms. The van der Waals surface area contributed by atoms with E-state index in [9.17, 15) is 4.79 Å². The van der Waals surface area contributed by atoms with Gasteiger partial charge in [0.2, 0.25) is 0 Å². The number of nitrogens with one attached hydrogen (secondary N) is 1. The van der Waals surface area contributed by atoms with Crippen LogP contribution in [-0.2, 0) is 15.9 Å². The van der Waals surface area contributed by atoms with Crippen LogP contribution in [0.25, 0.3) is 0 Å². The Labute approximate surface area is 119 Å². The Morgan fingerprint density at radius 1 is 1.30 bits per heavy atom. The van der Waals surface area contributed by atoms with Gasteiger partial charge in [0, 0.05) is 25.1 Å². The molecule has 1 aromatic carbocycles. The molecule has 0 radical (unpaired) electrons. The van der Waals surface area contributed by atoms with E-state index in [1.165, 1.54) is 5.56 Å². The largest absolute Gasteiger partial charge is 0.459 e. The van der Waals surface area contributed by atoms with Crippen LogP contribution < -0.4 is 5.32 Å². The number of ether oxygens (including phenoxy) is 2. The molecule has 0 saturated carbocycles. The molecule has 1 aromatic rings. The second-order valence-corrected chi connectivity index (χ2v) is 5.80. The Morgan fingerprint density at radius 2 is 2.05 bits per heavy atom. The number of fused-ring (bicyclic) bond motifs is 1. The normalized spacial score (nSPS) is 28.6. The first kappa shape index (κ1) is 13.4. The topological polar surface area (TPSA) is 47.6 Å². The summed E-state index contributed by atoms with van der Waals surface area (Å²) in [6, 6.07) is 5.78. The molecule has 1 fully saturated rings. The number of hydrogen-bond acceptors (Lipinski definition) is 4. The van der Waals surface area contributed by atoms with E-state index in [-0.39, 0.29) is 24.3 Å². The molecule has 2 aliphatic heterocycles. The minimum Gasteiger partial charge on any atom is -0.459 e. The van der Waals surface area contributed by atoms with E-state index < -0.39 is 0 Å². The van der Waals surface area contributed by atoms with Gasteiger partial charge in [-0.25, -0.2) is 4.79 Å². The predicted octanol–water partition coefficient (Wildman–Crippen LogP) is 2.77. The van der Waals surface area contributed by atoms with Gasteiger partial charge in [0.05, 0.1) is 17.8 Å². The fraction of sp³-hybridized carbons (Fsp3) is 0.562. The summed E-state index contributed by atoms with van der Waals surface area (Å²) < 4.78 is 11.3. The highest BCUT2D eigenvalue weighted by Gasteiger charge is 2.27. The van der Waals surface area contributed by atoms with E-state index in [1.54, 1.807) is 0 Å². The SMILES string of the molecule is CC1CC(OC(=O)c2ccc3c(c2)NCC3)CC(C)O1. The smallest absolute Gasteiger partial charge is 0.338 e. The zero-order chi connectivity index (χ0) is 14.1. The number of hydrogen-bond donors (Lipinski definition) is 1. The van der Waals surface area contributed by atoms with Crippen molar-refractivity contribution in [2.75, 3.05) is 11.9 Å². The van der Waals surface area contributed by atoms with Gasteiger partial charge in [-0.15, -0.1) is 0 Å². The summed E-state index contributed by atoms with van der Waals surface area (Å²) in [6.45, 7) is 4.99. The Kier molecular flexibility index (Phi) is 3.66. The lowest BCUT2D eigenvalue weighted by Crippen LogP contribution is -2.35. The molecule has 0 aliphatic carbocycles. The molecular formula is C16H21NO3. The molecule has 0 bridgehead atoms. The minimum atomic E-state index is -0.229. The van der Waals surface area contributed by atoms with Gasteiger partial charge in [-0.05, 0) is 38.0 Å². The van der Waals surface area contributed by atoms with Gasteiger partial charge in [-0.1, -0.05) is 6.07 Å². The Hall–Kier alpha value is -1.55. The first-order valence-electron chi connectivity index (χ1n) is 7.35. The standard InChI is InChI=1S/C16H21NO3/c1-10-7-14(8-11(2)19-10)20-16(18)13-4-3-12-5-6-17-15(12)9-13/h3-4,9-11,14,17H,5-8H2,1-2H3. The third kappa shape index (κ3) is 2.80. The quantitative estimate of drug-likeness (QED) is 0.843. The van der Waals surface area contributed by atoms with Gasteiger partial charge in [0.15, 0.2) is 0 Å². The summed E-state index contributed by atoms with van der Waals surface area (Å²) >= 11 is 0. The number of rotatable bonds is 2. The second kappa shape index (κ2) is 5.44. The van der Waals surface area contributed by atoms with Crippen molar-refractivity contribution in [3.05, 3.63) is 29.3 Å². The highest BCUT2D eigenvalue weighted by atomic mass is 16.6. The summed E-state index contributed by atoms with van der Waals surface area (Å²) in [5.41, 5.74) is 2.97. The summed E-state index contributed by atoms with van der Waals surface area (Å²) in [5.74, 6) is -0.229. The highest BCUT2D eigenvalue weighted by Crippen LogP contribution is 2.26. The van der Waals surface area contributed by atoms with Gasteiger partial charge in [-0.2, -0.15) is 0 Å². The van der Waals surface area contributed by atoms with Crippen LogP contribution >= 0.6 is 0 Å². The summed E-state index contributed by atoms with van der Waals surface area (Å²) in [4.78, 5) is 12.2. The third-order valence-electron chi connectivity index (χ3n) is 3.98. The molecule has 0 amide bonds. The number of benzene rings is 1. The van der Waals surface area contributed by atoms with Gasteiger partial charge in [0.25, 0.3) is 0 Å². The van der Waals surface area contributed by atoms with Gasteiger partial charge < -0.3 is 14.8 Å². The van der Waals surface area contributed by atoms with Crippen LogP contribution in [0.15, 0.2) is 18.2 Å². The maximum Gasteiger partial charge on any atom is 0.338 e. The number of anilines is 1. The Bertz CT molecular complexity index is 504. The minimum absolute atomic E-state index is 0.0394. The van der Waals surface area contributed by atoms with Crippen LogP contribution in [0.3, 0.4) is 0 Å². The van der Waals surface area contributed by atoms with Crippen LogP contribution in [-0.4, -0.2) is 30.8 Å². The van der Waals surface area contributed by atoms with Crippen molar-refractivity contribution >= 4 is 11.7 Å². The van der Waals surface area contributed by atoms with E-state index in [4.69, 9.17) is 9.47 Å².